The number of hydrogen-bond acceptors (Lipinski definition) is 8. The molecule has 0 aliphatic heterocycles. The maximum atomic E-state index is 12.6. The first-order valence-electron chi connectivity index (χ1n) is 7.32. The predicted octanol–water partition coefficient (Wildman–Crippen LogP) is 2.39. The fourth-order valence-corrected chi connectivity index (χ4v) is 3.17. The zero-order valence-corrected chi connectivity index (χ0v) is 15.2. The van der Waals surface area contributed by atoms with E-state index < -0.39 is 38.5 Å². The van der Waals surface area contributed by atoms with Crippen LogP contribution in [0.25, 0.3) is 0 Å². The van der Waals surface area contributed by atoms with Gasteiger partial charge in [0.2, 0.25) is 13.6 Å². The fourth-order valence-electron chi connectivity index (χ4n) is 1.50. The average Bonchev–Trinajstić information content (AvgIpc) is 2.44. The van der Waals surface area contributed by atoms with Gasteiger partial charge in [0.25, 0.3) is 6.47 Å². The van der Waals surface area contributed by atoms with Crippen LogP contribution in [0.1, 0.15) is 40.5 Å². The molecule has 0 aliphatic carbocycles. The van der Waals surface area contributed by atoms with Gasteiger partial charge < -0.3 is 14.6 Å². The second kappa shape index (κ2) is 10.4. The maximum Gasteiger partial charge on any atom is 0.336 e. The van der Waals surface area contributed by atoms with Crippen LogP contribution in [0.15, 0.2) is 0 Å². The maximum absolute atomic E-state index is 12.6. The summed E-state index contributed by atoms with van der Waals surface area (Å²) in [4.78, 5) is 32.4. The summed E-state index contributed by atoms with van der Waals surface area (Å²) in [6.45, 7) is 5.59. The summed E-state index contributed by atoms with van der Waals surface area (Å²) in [6.07, 6.45) is 0.0724. The van der Waals surface area contributed by atoms with Crippen molar-refractivity contribution < 1.29 is 42.6 Å². The Balaban J connectivity index is 4.63. The Bertz CT molecular complexity index is 469. The molecule has 10 heteroatoms. The second-order valence-corrected chi connectivity index (χ2v) is 8.37. The summed E-state index contributed by atoms with van der Waals surface area (Å²) < 4.78 is 31.8. The van der Waals surface area contributed by atoms with Gasteiger partial charge in [0.1, 0.15) is 0 Å². The summed E-state index contributed by atoms with van der Waals surface area (Å²) in [7, 11) is -3.73. The topological polar surface area (TPSA) is 125 Å². The van der Waals surface area contributed by atoms with E-state index in [9.17, 15) is 18.9 Å². The van der Waals surface area contributed by atoms with Gasteiger partial charge in [-0.15, -0.1) is 0 Å². The molecular formula is C14H25O9P. The average molecular weight is 368 g/mol. The van der Waals surface area contributed by atoms with E-state index >= 15 is 0 Å². The molecule has 0 fully saturated rings. The highest BCUT2D eigenvalue weighted by molar-refractivity contribution is 7.53. The lowest BCUT2D eigenvalue weighted by atomic mass is 9.98. The molecule has 0 heterocycles. The third kappa shape index (κ3) is 10.4. The Morgan fingerprint density at radius 1 is 1.21 bits per heavy atom. The number of aliphatic carboxylic acids is 1. The normalized spacial score (nSPS) is 15.2. The third-order valence-electron chi connectivity index (χ3n) is 2.82. The highest BCUT2D eigenvalue weighted by Gasteiger charge is 2.30. The Morgan fingerprint density at radius 3 is 2.29 bits per heavy atom. The first kappa shape index (κ1) is 22.6. The molecule has 140 valence electrons. The van der Waals surface area contributed by atoms with Crippen molar-refractivity contribution in [2.45, 2.75) is 40.5 Å². The van der Waals surface area contributed by atoms with Crippen LogP contribution in [0.2, 0.25) is 0 Å². The van der Waals surface area contributed by atoms with Gasteiger partial charge in [-0.05, 0) is 33.1 Å². The Hall–Kier alpha value is -1.44. The lowest BCUT2D eigenvalue weighted by molar-refractivity contribution is -0.160. The quantitative estimate of drug-likeness (QED) is 0.182. The lowest BCUT2D eigenvalue weighted by Crippen LogP contribution is -2.24. The minimum absolute atomic E-state index is 0.0922. The SMILES string of the molecule is CC(CCC(=O)O)CP(=O)(OCOC=O)OCOC(=O)C(C)(C)C. The van der Waals surface area contributed by atoms with Crippen molar-refractivity contribution >= 4 is 26.0 Å². The molecule has 0 bridgehead atoms. The van der Waals surface area contributed by atoms with Crippen LogP contribution in [0, 0.1) is 11.3 Å². The minimum atomic E-state index is -3.73. The van der Waals surface area contributed by atoms with E-state index in [4.69, 9.17) is 18.9 Å². The van der Waals surface area contributed by atoms with Gasteiger partial charge in [-0.2, -0.15) is 0 Å². The van der Waals surface area contributed by atoms with E-state index in [0.29, 0.717) is 0 Å². The van der Waals surface area contributed by atoms with E-state index in [1.54, 1.807) is 27.7 Å². The molecule has 0 amide bonds. The van der Waals surface area contributed by atoms with Crippen molar-refractivity contribution in [1.29, 1.82) is 0 Å². The number of carbonyl (C=O) groups is 3. The van der Waals surface area contributed by atoms with Gasteiger partial charge in [0.05, 0.1) is 11.6 Å². The molecule has 1 N–H and O–H groups in total. The molecule has 24 heavy (non-hydrogen) atoms. The second-order valence-electron chi connectivity index (χ2n) is 6.27. The highest BCUT2D eigenvalue weighted by Crippen LogP contribution is 2.50. The summed E-state index contributed by atoms with van der Waals surface area (Å²) in [5.74, 6) is -1.81. The third-order valence-corrected chi connectivity index (χ3v) is 4.89. The molecule has 2 unspecified atom stereocenters. The number of carboxylic acids is 1. The zero-order chi connectivity index (χ0) is 18.8. The van der Waals surface area contributed by atoms with Gasteiger partial charge >= 0.3 is 19.5 Å². The predicted molar refractivity (Wildman–Crippen MR) is 83.1 cm³/mol. The smallest absolute Gasteiger partial charge is 0.336 e. The van der Waals surface area contributed by atoms with Crippen molar-refractivity contribution in [2.75, 3.05) is 19.7 Å². The lowest BCUT2D eigenvalue weighted by Gasteiger charge is -2.22. The molecule has 0 aromatic rings. The molecule has 0 radical (unpaired) electrons. The number of hydrogen-bond donors (Lipinski definition) is 1. The van der Waals surface area contributed by atoms with E-state index in [1.165, 1.54) is 0 Å². The van der Waals surface area contributed by atoms with Gasteiger partial charge in [-0.3, -0.25) is 28.0 Å². The molecule has 0 aromatic carbocycles. The first-order chi connectivity index (χ1) is 11.0. The van der Waals surface area contributed by atoms with Gasteiger partial charge in [0.15, 0.2) is 0 Å². The Kier molecular flexibility index (Phi) is 9.80. The number of esters is 1. The molecular weight excluding hydrogens is 343 g/mol. The van der Waals surface area contributed by atoms with Crippen LogP contribution in [0.5, 0.6) is 0 Å². The van der Waals surface area contributed by atoms with E-state index in [2.05, 4.69) is 4.74 Å². The number of carboxylic acid groups (broad SMARTS) is 1. The zero-order valence-electron chi connectivity index (χ0n) is 14.4. The number of ether oxygens (including phenoxy) is 2. The molecule has 2 atom stereocenters. The van der Waals surface area contributed by atoms with Crippen LogP contribution >= 0.6 is 7.60 Å². The largest absolute Gasteiger partial charge is 0.481 e. The molecule has 0 rings (SSSR count). The summed E-state index contributed by atoms with van der Waals surface area (Å²) in [5.41, 5.74) is -0.746. The highest BCUT2D eigenvalue weighted by atomic mass is 31.2. The minimum Gasteiger partial charge on any atom is -0.481 e. The molecule has 0 spiro atoms. The van der Waals surface area contributed by atoms with E-state index in [-0.39, 0.29) is 31.4 Å². The molecule has 0 aromatic heterocycles. The van der Waals surface area contributed by atoms with Crippen LogP contribution in [0.3, 0.4) is 0 Å². The summed E-state index contributed by atoms with van der Waals surface area (Å²) in [6, 6.07) is 0. The van der Waals surface area contributed by atoms with Crippen molar-refractivity contribution in [3.8, 4) is 0 Å². The van der Waals surface area contributed by atoms with E-state index in [0.717, 1.165) is 0 Å². The number of rotatable bonds is 12. The monoisotopic (exact) mass is 368 g/mol. The molecule has 9 nitrogen and oxygen atoms in total. The standard InChI is InChI=1S/C14H25O9P/c1-11(5-6-12(16)17)7-24(19,22-9-20-8-15)23-10-21-13(18)14(2,3)4/h8,11H,5-7,9-10H2,1-4H3,(H,16,17). The van der Waals surface area contributed by atoms with Gasteiger partial charge in [0, 0.05) is 6.42 Å². The van der Waals surface area contributed by atoms with E-state index in [1.807, 2.05) is 0 Å². The Labute approximate surface area is 141 Å². The number of carbonyl (C=O) groups excluding carboxylic acids is 2. The van der Waals surface area contributed by atoms with Gasteiger partial charge in [-0.25, -0.2) is 0 Å². The van der Waals surface area contributed by atoms with Crippen LogP contribution in [-0.4, -0.2) is 43.3 Å². The summed E-state index contributed by atoms with van der Waals surface area (Å²) in [5, 5.41) is 8.66. The fraction of sp³-hybridized carbons (Fsp3) is 0.786. The van der Waals surface area contributed by atoms with Crippen LogP contribution in [-0.2, 0) is 37.5 Å². The van der Waals surface area contributed by atoms with Crippen LogP contribution in [0.4, 0.5) is 0 Å². The van der Waals surface area contributed by atoms with Crippen molar-refractivity contribution in [1.82, 2.24) is 0 Å². The van der Waals surface area contributed by atoms with Crippen molar-refractivity contribution in [3.63, 3.8) is 0 Å². The van der Waals surface area contributed by atoms with Crippen molar-refractivity contribution in [3.05, 3.63) is 0 Å². The van der Waals surface area contributed by atoms with Crippen LogP contribution < -0.4 is 0 Å². The molecule has 0 saturated heterocycles. The van der Waals surface area contributed by atoms with Crippen molar-refractivity contribution in [2.24, 2.45) is 11.3 Å². The van der Waals surface area contributed by atoms with Gasteiger partial charge in [-0.1, -0.05) is 6.92 Å². The molecule has 0 aliphatic rings. The first-order valence-corrected chi connectivity index (χ1v) is 9.05. The molecule has 0 saturated carbocycles. The Morgan fingerprint density at radius 2 is 1.79 bits per heavy atom. The summed E-state index contributed by atoms with van der Waals surface area (Å²) >= 11 is 0.